The fourth-order valence-corrected chi connectivity index (χ4v) is 2.56. The number of halogens is 1. The predicted octanol–water partition coefficient (Wildman–Crippen LogP) is 3.28. The van der Waals surface area contributed by atoms with E-state index in [4.69, 9.17) is 21.2 Å². The molecule has 0 aliphatic heterocycles. The van der Waals surface area contributed by atoms with E-state index in [0.29, 0.717) is 29.7 Å². The number of nitrogens with zero attached hydrogens (tertiary/aromatic N) is 3. The summed E-state index contributed by atoms with van der Waals surface area (Å²) in [5.74, 6) is 0.0231. The van der Waals surface area contributed by atoms with E-state index >= 15 is 0 Å². The second-order valence-corrected chi connectivity index (χ2v) is 6.83. The van der Waals surface area contributed by atoms with Gasteiger partial charge in [-0.1, -0.05) is 30.6 Å². The molecule has 0 saturated heterocycles. The molecule has 0 atom stereocenters. The first-order chi connectivity index (χ1) is 12.3. The quantitative estimate of drug-likeness (QED) is 0.718. The van der Waals surface area contributed by atoms with Crippen LogP contribution in [0.15, 0.2) is 28.8 Å². The zero-order valence-electron chi connectivity index (χ0n) is 14.8. The zero-order chi connectivity index (χ0) is 19.1. The van der Waals surface area contributed by atoms with Crippen LogP contribution in [0.5, 0.6) is 0 Å². The van der Waals surface area contributed by atoms with Gasteiger partial charge < -0.3 is 14.5 Å². The van der Waals surface area contributed by atoms with Gasteiger partial charge in [-0.05, 0) is 30.2 Å². The average Bonchev–Trinajstić information content (AvgIpc) is 3.05. The van der Waals surface area contributed by atoms with Crippen molar-refractivity contribution in [2.24, 2.45) is 5.92 Å². The van der Waals surface area contributed by atoms with Gasteiger partial charge in [-0.25, -0.2) is 0 Å². The van der Waals surface area contributed by atoms with Crippen LogP contribution >= 0.6 is 11.6 Å². The molecule has 2 aromatic rings. The normalized spacial score (nSPS) is 10.9. The second kappa shape index (κ2) is 9.33. The van der Waals surface area contributed by atoms with E-state index in [1.807, 2.05) is 13.8 Å². The molecule has 1 aromatic carbocycles. The van der Waals surface area contributed by atoms with Gasteiger partial charge in [-0.15, -0.1) is 0 Å². The van der Waals surface area contributed by atoms with Crippen LogP contribution in [0, 0.1) is 5.92 Å². The van der Waals surface area contributed by atoms with Gasteiger partial charge in [0.25, 0.3) is 0 Å². The van der Waals surface area contributed by atoms with E-state index < -0.39 is 5.97 Å². The molecule has 140 valence electrons. The Morgan fingerprint density at radius 2 is 1.92 bits per heavy atom. The molecule has 0 unspecified atom stereocenters. The lowest BCUT2D eigenvalue weighted by molar-refractivity contribution is -0.138. The highest BCUT2D eigenvalue weighted by atomic mass is 35.5. The minimum atomic E-state index is -0.920. The van der Waals surface area contributed by atoms with Crippen LogP contribution in [0.3, 0.4) is 0 Å². The Bertz CT molecular complexity index is 743. The third-order valence-corrected chi connectivity index (χ3v) is 3.91. The lowest BCUT2D eigenvalue weighted by Crippen LogP contribution is -2.36. The summed E-state index contributed by atoms with van der Waals surface area (Å²) < 4.78 is 5.20. The summed E-state index contributed by atoms with van der Waals surface area (Å²) in [6.45, 7) is 4.69. The molecule has 0 fully saturated rings. The number of amides is 1. The molecule has 1 aromatic heterocycles. The number of hydrogen-bond donors (Lipinski definition) is 1. The maximum Gasteiger partial charge on any atom is 0.305 e. The number of aliphatic carboxylic acids is 1. The first-order valence-corrected chi connectivity index (χ1v) is 8.81. The van der Waals surface area contributed by atoms with Gasteiger partial charge in [-0.3, -0.25) is 9.59 Å². The van der Waals surface area contributed by atoms with Crippen molar-refractivity contribution in [3.63, 3.8) is 0 Å². The molecule has 0 saturated carbocycles. The van der Waals surface area contributed by atoms with Crippen molar-refractivity contribution >= 4 is 23.5 Å². The largest absolute Gasteiger partial charge is 0.481 e. The summed E-state index contributed by atoms with van der Waals surface area (Å²) in [6, 6.07) is 7.06. The average molecular weight is 380 g/mol. The van der Waals surface area contributed by atoms with E-state index in [2.05, 4.69) is 10.1 Å². The number of hydrogen-bond acceptors (Lipinski definition) is 5. The highest BCUT2D eigenvalue weighted by Crippen LogP contribution is 2.19. The Labute approximate surface area is 157 Å². The van der Waals surface area contributed by atoms with Gasteiger partial charge in [0.15, 0.2) is 0 Å². The zero-order valence-corrected chi connectivity index (χ0v) is 15.6. The third-order valence-electron chi connectivity index (χ3n) is 3.66. The van der Waals surface area contributed by atoms with Gasteiger partial charge in [0, 0.05) is 36.5 Å². The standard InChI is InChI=1S/C18H22ClN3O4/c1-12(2)11-22(10-9-17(24)25)16(23)8-7-15-20-18(21-26-15)13-3-5-14(19)6-4-13/h3-6,12H,7-11H2,1-2H3,(H,24,25). The Kier molecular flexibility index (Phi) is 7.15. The maximum absolute atomic E-state index is 12.4. The van der Waals surface area contributed by atoms with Gasteiger partial charge >= 0.3 is 5.97 Å². The Morgan fingerprint density at radius 3 is 2.54 bits per heavy atom. The van der Waals surface area contributed by atoms with Crippen LogP contribution in [-0.2, 0) is 16.0 Å². The van der Waals surface area contributed by atoms with Crippen molar-refractivity contribution in [1.82, 2.24) is 15.0 Å². The van der Waals surface area contributed by atoms with Crippen molar-refractivity contribution in [1.29, 1.82) is 0 Å². The number of aromatic nitrogens is 2. The number of aryl methyl sites for hydroxylation is 1. The van der Waals surface area contributed by atoms with Gasteiger partial charge in [-0.2, -0.15) is 4.98 Å². The minimum absolute atomic E-state index is 0.0697. The number of carbonyl (C=O) groups is 2. The van der Waals surface area contributed by atoms with Crippen molar-refractivity contribution in [3.05, 3.63) is 35.2 Å². The topological polar surface area (TPSA) is 96.5 Å². The predicted molar refractivity (Wildman–Crippen MR) is 96.7 cm³/mol. The molecule has 1 N–H and O–H groups in total. The molecule has 1 amide bonds. The van der Waals surface area contributed by atoms with E-state index in [1.165, 1.54) is 0 Å². The summed E-state index contributed by atoms with van der Waals surface area (Å²) >= 11 is 5.86. The second-order valence-electron chi connectivity index (χ2n) is 6.40. The number of carboxylic acid groups (broad SMARTS) is 1. The fourth-order valence-electron chi connectivity index (χ4n) is 2.43. The molecule has 8 heteroatoms. The Morgan fingerprint density at radius 1 is 1.23 bits per heavy atom. The lowest BCUT2D eigenvalue weighted by Gasteiger charge is -2.23. The van der Waals surface area contributed by atoms with E-state index in [-0.39, 0.29) is 31.2 Å². The Balaban J connectivity index is 1.94. The maximum atomic E-state index is 12.4. The lowest BCUT2D eigenvalue weighted by atomic mass is 10.1. The summed E-state index contributed by atoms with van der Waals surface area (Å²) in [5.41, 5.74) is 0.776. The van der Waals surface area contributed by atoms with Crippen LogP contribution in [0.1, 0.15) is 32.6 Å². The fraction of sp³-hybridized carbons (Fsp3) is 0.444. The van der Waals surface area contributed by atoms with Crippen molar-refractivity contribution in [3.8, 4) is 11.4 Å². The van der Waals surface area contributed by atoms with E-state index in [1.54, 1.807) is 29.2 Å². The van der Waals surface area contributed by atoms with Gasteiger partial charge in [0.05, 0.1) is 6.42 Å². The molecule has 7 nitrogen and oxygen atoms in total. The van der Waals surface area contributed by atoms with Crippen molar-refractivity contribution < 1.29 is 19.2 Å². The van der Waals surface area contributed by atoms with Gasteiger partial charge in [0.1, 0.15) is 0 Å². The number of carbonyl (C=O) groups excluding carboxylic acids is 1. The first-order valence-electron chi connectivity index (χ1n) is 8.43. The monoisotopic (exact) mass is 379 g/mol. The molecule has 0 radical (unpaired) electrons. The molecular formula is C18H22ClN3O4. The minimum Gasteiger partial charge on any atom is -0.481 e. The summed E-state index contributed by atoms with van der Waals surface area (Å²) in [4.78, 5) is 29.0. The van der Waals surface area contributed by atoms with Crippen LogP contribution in [0.2, 0.25) is 5.02 Å². The first kappa shape index (κ1) is 19.9. The highest BCUT2D eigenvalue weighted by molar-refractivity contribution is 6.30. The highest BCUT2D eigenvalue weighted by Gasteiger charge is 2.18. The molecule has 2 rings (SSSR count). The molecule has 26 heavy (non-hydrogen) atoms. The summed E-state index contributed by atoms with van der Waals surface area (Å²) in [7, 11) is 0. The van der Waals surface area contributed by atoms with Crippen molar-refractivity contribution in [2.45, 2.75) is 33.1 Å². The molecule has 0 bridgehead atoms. The summed E-state index contributed by atoms with van der Waals surface area (Å²) in [6.07, 6.45) is 0.426. The van der Waals surface area contributed by atoms with E-state index in [9.17, 15) is 9.59 Å². The van der Waals surface area contributed by atoms with Crippen LogP contribution < -0.4 is 0 Å². The molecule has 0 aliphatic carbocycles. The number of rotatable bonds is 9. The van der Waals surface area contributed by atoms with Gasteiger partial charge in [0.2, 0.25) is 17.6 Å². The van der Waals surface area contributed by atoms with E-state index in [0.717, 1.165) is 5.56 Å². The molecular weight excluding hydrogens is 358 g/mol. The Hall–Kier alpha value is -2.41. The summed E-state index contributed by atoms with van der Waals surface area (Å²) in [5, 5.41) is 13.4. The number of benzene rings is 1. The van der Waals surface area contributed by atoms with Crippen LogP contribution in [-0.4, -0.2) is 45.1 Å². The SMILES string of the molecule is CC(C)CN(CCC(=O)O)C(=O)CCc1nc(-c2ccc(Cl)cc2)no1. The molecule has 0 spiro atoms. The van der Waals surface area contributed by atoms with Crippen molar-refractivity contribution in [2.75, 3.05) is 13.1 Å². The third kappa shape index (κ3) is 6.15. The van der Waals surface area contributed by atoms with Crippen LogP contribution in [0.4, 0.5) is 0 Å². The smallest absolute Gasteiger partial charge is 0.305 e. The molecule has 0 aliphatic rings. The molecule has 1 heterocycles. The number of carboxylic acids is 1. The van der Waals surface area contributed by atoms with Crippen LogP contribution in [0.25, 0.3) is 11.4 Å².